The minimum Gasteiger partial charge on any atom is -0.369 e. The molecule has 1 aliphatic carbocycles. The van der Waals surface area contributed by atoms with Crippen LogP contribution in [0, 0.1) is 5.92 Å². The number of aliphatic hydroxyl groups is 1. The number of rotatable bonds is 3. The number of anilines is 1. The van der Waals surface area contributed by atoms with Crippen LogP contribution in [0.1, 0.15) is 52.2 Å². The lowest BCUT2D eigenvalue weighted by atomic mass is 9.80. The third-order valence-corrected chi connectivity index (χ3v) is 4.87. The minimum atomic E-state index is -1.04. The van der Waals surface area contributed by atoms with E-state index in [9.17, 15) is 9.90 Å². The molecule has 1 amide bonds. The van der Waals surface area contributed by atoms with Gasteiger partial charge in [0.05, 0.1) is 0 Å². The Morgan fingerprint density at radius 1 is 1.45 bits per heavy atom. The molecule has 1 aromatic rings. The summed E-state index contributed by atoms with van der Waals surface area (Å²) in [6, 6.07) is 1.69. The lowest BCUT2D eigenvalue weighted by Gasteiger charge is -2.27. The van der Waals surface area contributed by atoms with Crippen molar-refractivity contribution in [3.05, 3.63) is 22.4 Å². The summed E-state index contributed by atoms with van der Waals surface area (Å²) in [6.07, 6.45) is 3.10. The molecule has 1 aliphatic heterocycles. The van der Waals surface area contributed by atoms with Gasteiger partial charge in [-0.05, 0) is 12.3 Å². The molecule has 5 nitrogen and oxygen atoms in total. The molecular formula is C16H21ClN2O3. The summed E-state index contributed by atoms with van der Waals surface area (Å²) in [5, 5.41) is 14.6. The van der Waals surface area contributed by atoms with E-state index >= 15 is 0 Å². The van der Waals surface area contributed by atoms with E-state index in [4.69, 9.17) is 16.1 Å². The van der Waals surface area contributed by atoms with Crippen LogP contribution in [0.25, 0.3) is 0 Å². The van der Waals surface area contributed by atoms with Crippen LogP contribution in [-0.4, -0.2) is 22.4 Å². The molecule has 1 atom stereocenters. The van der Waals surface area contributed by atoms with Gasteiger partial charge in [0.2, 0.25) is 0 Å². The van der Waals surface area contributed by atoms with Crippen molar-refractivity contribution in [1.29, 1.82) is 0 Å². The highest BCUT2D eigenvalue weighted by atomic mass is 35.5. The molecule has 0 bridgehead atoms. The Bertz CT molecular complexity index is 626. The normalized spacial score (nSPS) is 23.4. The number of carbonyl (C=O) groups excluding carboxylic acids is 1. The third kappa shape index (κ3) is 2.57. The van der Waals surface area contributed by atoms with Gasteiger partial charge in [-0.25, -0.2) is 0 Å². The summed E-state index contributed by atoms with van der Waals surface area (Å²) in [4.78, 5) is 13.6. The SMILES string of the molecule is CC(C)(C)c1cc(N2C(=O)C(Cl)=C(CC3CCC3)C2O)no1. The maximum Gasteiger partial charge on any atom is 0.273 e. The molecule has 1 aromatic heterocycles. The van der Waals surface area contributed by atoms with E-state index in [2.05, 4.69) is 5.16 Å². The lowest BCUT2D eigenvalue weighted by molar-refractivity contribution is -0.115. The smallest absolute Gasteiger partial charge is 0.273 e. The van der Waals surface area contributed by atoms with Crippen LogP contribution in [0.2, 0.25) is 0 Å². The first-order valence-corrected chi connectivity index (χ1v) is 8.04. The van der Waals surface area contributed by atoms with Crippen molar-refractivity contribution in [3.8, 4) is 0 Å². The second-order valence-corrected chi connectivity index (χ2v) is 7.57. The Morgan fingerprint density at radius 2 is 2.14 bits per heavy atom. The van der Waals surface area contributed by atoms with Gasteiger partial charge in [-0.2, -0.15) is 0 Å². The molecule has 0 spiro atoms. The second-order valence-electron chi connectivity index (χ2n) is 7.19. The molecule has 6 heteroatoms. The first kappa shape index (κ1) is 15.6. The predicted octanol–water partition coefficient (Wildman–Crippen LogP) is 3.32. The third-order valence-electron chi connectivity index (χ3n) is 4.46. The molecule has 0 aromatic carbocycles. The highest BCUT2D eigenvalue weighted by Crippen LogP contribution is 2.40. The first-order chi connectivity index (χ1) is 10.3. The van der Waals surface area contributed by atoms with Crippen LogP contribution >= 0.6 is 11.6 Å². The van der Waals surface area contributed by atoms with Gasteiger partial charge in [0.15, 0.2) is 12.0 Å². The summed E-state index contributed by atoms with van der Waals surface area (Å²) < 4.78 is 5.31. The monoisotopic (exact) mass is 324 g/mol. The van der Waals surface area contributed by atoms with Gasteiger partial charge in [0.1, 0.15) is 10.8 Å². The maximum absolute atomic E-state index is 12.4. The molecule has 0 radical (unpaired) electrons. The van der Waals surface area contributed by atoms with Gasteiger partial charge >= 0.3 is 0 Å². The fourth-order valence-corrected chi connectivity index (χ4v) is 3.05. The number of aromatic nitrogens is 1. The van der Waals surface area contributed by atoms with Crippen LogP contribution < -0.4 is 4.90 Å². The van der Waals surface area contributed by atoms with Crippen molar-refractivity contribution in [2.45, 2.75) is 58.1 Å². The molecule has 1 fully saturated rings. The average molecular weight is 325 g/mol. The van der Waals surface area contributed by atoms with Crippen LogP contribution in [0.5, 0.6) is 0 Å². The summed E-state index contributed by atoms with van der Waals surface area (Å²) >= 11 is 6.16. The summed E-state index contributed by atoms with van der Waals surface area (Å²) in [5.74, 6) is 1.08. The fraction of sp³-hybridized carbons (Fsp3) is 0.625. The number of carbonyl (C=O) groups is 1. The number of aliphatic hydroxyl groups excluding tert-OH is 1. The van der Waals surface area contributed by atoms with Gasteiger partial charge in [-0.3, -0.25) is 9.69 Å². The van der Waals surface area contributed by atoms with Crippen LogP contribution in [0.4, 0.5) is 5.82 Å². The van der Waals surface area contributed by atoms with E-state index in [1.54, 1.807) is 6.07 Å². The molecule has 1 N–H and O–H groups in total. The van der Waals surface area contributed by atoms with Crippen molar-refractivity contribution in [3.63, 3.8) is 0 Å². The van der Waals surface area contributed by atoms with E-state index in [1.807, 2.05) is 20.8 Å². The highest BCUT2D eigenvalue weighted by Gasteiger charge is 2.41. The molecule has 22 heavy (non-hydrogen) atoms. The lowest BCUT2D eigenvalue weighted by Crippen LogP contribution is -2.36. The Morgan fingerprint density at radius 3 is 2.64 bits per heavy atom. The van der Waals surface area contributed by atoms with Crippen LogP contribution in [-0.2, 0) is 10.2 Å². The highest BCUT2D eigenvalue weighted by molar-refractivity contribution is 6.45. The van der Waals surface area contributed by atoms with Gasteiger partial charge < -0.3 is 9.63 Å². The zero-order valence-corrected chi connectivity index (χ0v) is 13.9. The Hall–Kier alpha value is -1.33. The largest absolute Gasteiger partial charge is 0.369 e. The number of nitrogens with zero attached hydrogens (tertiary/aromatic N) is 2. The van der Waals surface area contributed by atoms with Crippen LogP contribution in [0.15, 0.2) is 21.2 Å². The number of hydrogen-bond acceptors (Lipinski definition) is 4. The van der Waals surface area contributed by atoms with Gasteiger partial charge in [-0.15, -0.1) is 0 Å². The molecule has 2 aliphatic rings. The maximum atomic E-state index is 12.4. The first-order valence-electron chi connectivity index (χ1n) is 7.66. The standard InChI is InChI=1S/C16H21ClN2O3/c1-16(2,3)11-8-12(18-22-11)19-14(20)10(13(17)15(19)21)7-9-5-4-6-9/h8-9,14,20H,4-7H2,1-3H3. The summed E-state index contributed by atoms with van der Waals surface area (Å²) in [6.45, 7) is 5.98. The zero-order valence-electron chi connectivity index (χ0n) is 13.1. The van der Waals surface area contributed by atoms with E-state index in [1.165, 1.54) is 11.3 Å². The second kappa shape index (κ2) is 5.39. The van der Waals surface area contributed by atoms with Crippen molar-refractivity contribution < 1.29 is 14.4 Å². The summed E-state index contributed by atoms with van der Waals surface area (Å²) in [5.41, 5.74) is 0.391. The molecule has 1 saturated carbocycles. The predicted molar refractivity (Wildman–Crippen MR) is 83.5 cm³/mol. The Kier molecular flexibility index (Phi) is 3.81. The molecule has 120 valence electrons. The summed E-state index contributed by atoms with van der Waals surface area (Å²) in [7, 11) is 0. The van der Waals surface area contributed by atoms with Crippen molar-refractivity contribution in [2.24, 2.45) is 5.92 Å². The molecule has 1 unspecified atom stereocenters. The Balaban J connectivity index is 1.83. The van der Waals surface area contributed by atoms with E-state index in [-0.39, 0.29) is 10.4 Å². The molecular weight excluding hydrogens is 304 g/mol. The van der Waals surface area contributed by atoms with Crippen molar-refractivity contribution in [1.82, 2.24) is 5.16 Å². The van der Waals surface area contributed by atoms with Crippen molar-refractivity contribution in [2.75, 3.05) is 4.90 Å². The number of amides is 1. The van der Waals surface area contributed by atoms with Gasteiger partial charge in [0, 0.05) is 17.1 Å². The quantitative estimate of drug-likeness (QED) is 0.926. The van der Waals surface area contributed by atoms with Crippen molar-refractivity contribution >= 4 is 23.3 Å². The van der Waals surface area contributed by atoms with E-state index in [0.717, 1.165) is 12.8 Å². The fourth-order valence-electron chi connectivity index (χ4n) is 2.79. The van der Waals surface area contributed by atoms with E-state index in [0.29, 0.717) is 29.5 Å². The zero-order chi connectivity index (χ0) is 16.1. The topological polar surface area (TPSA) is 66.6 Å². The molecule has 3 rings (SSSR count). The average Bonchev–Trinajstić information content (AvgIpc) is 2.92. The number of halogens is 1. The molecule has 0 saturated heterocycles. The number of hydrogen-bond donors (Lipinski definition) is 1. The van der Waals surface area contributed by atoms with Gasteiger partial charge in [0.25, 0.3) is 5.91 Å². The Labute approximate surface area is 134 Å². The minimum absolute atomic E-state index is 0.125. The van der Waals surface area contributed by atoms with Gasteiger partial charge in [-0.1, -0.05) is 56.8 Å². The van der Waals surface area contributed by atoms with Crippen LogP contribution in [0.3, 0.4) is 0 Å². The molecule has 2 heterocycles. The van der Waals surface area contributed by atoms with E-state index < -0.39 is 12.1 Å².